The number of hydrogen-bond donors (Lipinski definition) is 2. The number of allylic oxidation sites excluding steroid dienone is 2. The first-order valence-corrected chi connectivity index (χ1v) is 14.4. The summed E-state index contributed by atoms with van der Waals surface area (Å²) in [4.78, 5) is 55.5. The number of para-hydroxylation sites is 1. The molecule has 9 heteroatoms. The quantitative estimate of drug-likeness (QED) is 0.258. The Morgan fingerprint density at radius 3 is 2.28 bits per heavy atom. The van der Waals surface area contributed by atoms with E-state index in [-0.39, 0.29) is 35.5 Å². The van der Waals surface area contributed by atoms with E-state index < -0.39 is 46.8 Å². The van der Waals surface area contributed by atoms with Crippen molar-refractivity contribution in [2.24, 2.45) is 29.1 Å². The molecule has 2 N–H and O–H groups in total. The third kappa shape index (κ3) is 3.95. The molecule has 3 aromatic rings. The van der Waals surface area contributed by atoms with Crippen molar-refractivity contribution in [1.82, 2.24) is 5.06 Å². The number of phenols is 1. The van der Waals surface area contributed by atoms with Gasteiger partial charge in [-0.05, 0) is 49.4 Å². The maximum atomic E-state index is 14.4. The van der Waals surface area contributed by atoms with E-state index in [2.05, 4.69) is 0 Å². The zero-order valence-corrected chi connectivity index (χ0v) is 23.4. The van der Waals surface area contributed by atoms with Crippen molar-refractivity contribution in [3.8, 4) is 11.5 Å². The van der Waals surface area contributed by atoms with Gasteiger partial charge in [-0.15, -0.1) is 0 Å². The van der Waals surface area contributed by atoms with Crippen LogP contribution in [0.5, 0.6) is 11.5 Å². The molecule has 0 aromatic heterocycles. The van der Waals surface area contributed by atoms with Crippen LogP contribution < -0.4 is 9.64 Å². The number of fused-ring (bicyclic) bond motifs is 4. The van der Waals surface area contributed by atoms with E-state index in [9.17, 15) is 29.5 Å². The van der Waals surface area contributed by atoms with Crippen molar-refractivity contribution < 1.29 is 34.2 Å². The number of carbonyl (C=O) groups excluding carboxylic acids is 4. The fourth-order valence-electron chi connectivity index (χ4n) is 7.76. The summed E-state index contributed by atoms with van der Waals surface area (Å²) in [5.41, 5.74) is 1.28. The minimum atomic E-state index is -1.28. The monoisotopic (exact) mass is 578 g/mol. The number of rotatable bonds is 5. The Morgan fingerprint density at radius 1 is 0.884 bits per heavy atom. The van der Waals surface area contributed by atoms with Crippen molar-refractivity contribution >= 4 is 29.3 Å². The normalized spacial score (nSPS) is 29.7. The fraction of sp³-hybridized carbons (Fsp3) is 0.294. The SMILES string of the molecule is CC12C(=O)N(c3ccccc3)C(=O)C1CC1C(=CCC3C(=O)N(O)C(=O)C31)C2c1ccc(OCc2ccccc2)cc1O. The van der Waals surface area contributed by atoms with Gasteiger partial charge in [0.15, 0.2) is 0 Å². The highest BCUT2D eigenvalue weighted by molar-refractivity contribution is 6.24. The van der Waals surface area contributed by atoms with Gasteiger partial charge in [0, 0.05) is 17.5 Å². The lowest BCUT2D eigenvalue weighted by Crippen LogP contribution is -2.48. The second-order valence-electron chi connectivity index (χ2n) is 12.0. The number of hydroxylamine groups is 2. The Labute approximate surface area is 247 Å². The second-order valence-corrected chi connectivity index (χ2v) is 12.0. The molecule has 6 unspecified atom stereocenters. The van der Waals surface area contributed by atoms with Crippen molar-refractivity contribution in [2.45, 2.75) is 32.3 Å². The van der Waals surface area contributed by atoms with Gasteiger partial charge in [0.2, 0.25) is 11.8 Å². The molecule has 3 fully saturated rings. The van der Waals surface area contributed by atoms with E-state index in [1.807, 2.05) is 36.4 Å². The molecule has 0 radical (unpaired) electrons. The fourth-order valence-corrected chi connectivity index (χ4v) is 7.76. The largest absolute Gasteiger partial charge is 0.508 e. The summed E-state index contributed by atoms with van der Waals surface area (Å²) in [5.74, 6) is -5.54. The molecule has 2 aliphatic carbocycles. The Morgan fingerprint density at radius 2 is 1.58 bits per heavy atom. The van der Waals surface area contributed by atoms with Crippen molar-refractivity contribution in [2.75, 3.05) is 4.90 Å². The molecule has 0 spiro atoms. The van der Waals surface area contributed by atoms with Gasteiger partial charge in [0.05, 0.1) is 28.9 Å². The van der Waals surface area contributed by atoms with Crippen molar-refractivity contribution in [3.05, 3.63) is 102 Å². The highest BCUT2D eigenvalue weighted by atomic mass is 16.5. The maximum absolute atomic E-state index is 14.4. The number of anilines is 1. The number of hydrogen-bond acceptors (Lipinski definition) is 7. The van der Waals surface area contributed by atoms with E-state index in [0.29, 0.717) is 23.6 Å². The molecule has 9 nitrogen and oxygen atoms in total. The molecular formula is C34H30N2O7. The first-order valence-electron chi connectivity index (χ1n) is 14.4. The summed E-state index contributed by atoms with van der Waals surface area (Å²) in [7, 11) is 0. The van der Waals surface area contributed by atoms with Gasteiger partial charge in [-0.25, -0.2) is 4.90 Å². The first kappa shape index (κ1) is 27.1. The summed E-state index contributed by atoms with van der Waals surface area (Å²) < 4.78 is 5.92. The molecule has 6 atom stereocenters. The van der Waals surface area contributed by atoms with E-state index in [1.54, 1.807) is 49.4 Å². The zero-order chi connectivity index (χ0) is 30.0. The minimum Gasteiger partial charge on any atom is -0.508 e. The summed E-state index contributed by atoms with van der Waals surface area (Å²) >= 11 is 0. The van der Waals surface area contributed by atoms with E-state index in [4.69, 9.17) is 4.74 Å². The number of benzene rings is 3. The summed E-state index contributed by atoms with van der Waals surface area (Å²) in [5, 5.41) is 21.9. The van der Waals surface area contributed by atoms with Crippen LogP contribution in [-0.4, -0.2) is 39.0 Å². The lowest BCUT2D eigenvalue weighted by molar-refractivity contribution is -0.173. The predicted molar refractivity (Wildman–Crippen MR) is 154 cm³/mol. The van der Waals surface area contributed by atoms with Crippen LogP contribution in [0.2, 0.25) is 0 Å². The molecule has 43 heavy (non-hydrogen) atoms. The zero-order valence-electron chi connectivity index (χ0n) is 23.4. The van der Waals surface area contributed by atoms with Crippen LogP contribution in [0.1, 0.15) is 36.8 Å². The smallest absolute Gasteiger partial charge is 0.257 e. The number of carbonyl (C=O) groups is 4. The number of ether oxygens (including phenoxy) is 1. The van der Waals surface area contributed by atoms with Crippen LogP contribution in [0.25, 0.3) is 0 Å². The second kappa shape index (κ2) is 9.91. The molecule has 4 aliphatic rings. The molecule has 218 valence electrons. The molecule has 2 saturated heterocycles. The van der Waals surface area contributed by atoms with Gasteiger partial charge in [0.25, 0.3) is 11.8 Å². The van der Waals surface area contributed by atoms with Crippen molar-refractivity contribution in [3.63, 3.8) is 0 Å². The van der Waals surface area contributed by atoms with Crippen LogP contribution in [0.15, 0.2) is 90.5 Å². The number of aromatic hydroxyl groups is 1. The number of amides is 4. The molecule has 4 amide bonds. The molecule has 1 saturated carbocycles. The molecular weight excluding hydrogens is 548 g/mol. The standard InChI is InChI=1S/C34H30N2O7/c1-34-26(31(39)35(33(34)41)20-10-6-3-7-11-20)17-25-22(14-15-24-28(25)32(40)36(42)30(24)38)29(34)23-13-12-21(16-27(23)37)43-18-19-8-4-2-5-9-19/h2-14,16,24-26,28-29,37,42H,15,17-18H2,1H3. The first-order chi connectivity index (χ1) is 20.7. The average molecular weight is 579 g/mol. The molecule has 2 heterocycles. The number of nitrogens with zero attached hydrogens (tertiary/aromatic N) is 2. The van der Waals surface area contributed by atoms with Gasteiger partial charge in [-0.1, -0.05) is 66.2 Å². The molecule has 2 aliphatic heterocycles. The van der Waals surface area contributed by atoms with Gasteiger partial charge in [0.1, 0.15) is 18.1 Å². The number of phenolic OH excluding ortho intramolecular Hbond substituents is 1. The van der Waals surface area contributed by atoms with E-state index >= 15 is 0 Å². The summed E-state index contributed by atoms with van der Waals surface area (Å²) in [6.07, 6.45) is 2.24. The van der Waals surface area contributed by atoms with Gasteiger partial charge >= 0.3 is 0 Å². The van der Waals surface area contributed by atoms with Gasteiger partial charge in [-0.3, -0.25) is 24.4 Å². The summed E-state index contributed by atoms with van der Waals surface area (Å²) in [6.45, 7) is 2.06. The maximum Gasteiger partial charge on any atom is 0.257 e. The number of imide groups is 2. The van der Waals surface area contributed by atoms with Gasteiger partial charge in [-0.2, -0.15) is 5.06 Å². The third-order valence-corrected chi connectivity index (χ3v) is 9.83. The average Bonchev–Trinajstić information content (AvgIpc) is 3.36. The van der Waals surface area contributed by atoms with Crippen LogP contribution in [-0.2, 0) is 25.8 Å². The van der Waals surface area contributed by atoms with Crippen LogP contribution in [0, 0.1) is 29.1 Å². The molecule has 3 aromatic carbocycles. The van der Waals surface area contributed by atoms with Gasteiger partial charge < -0.3 is 9.84 Å². The Kier molecular flexibility index (Phi) is 6.25. The van der Waals surface area contributed by atoms with Crippen molar-refractivity contribution in [1.29, 1.82) is 0 Å². The molecule has 0 bridgehead atoms. The highest BCUT2D eigenvalue weighted by Gasteiger charge is 2.67. The topological polar surface area (TPSA) is 124 Å². The minimum absolute atomic E-state index is 0.102. The molecule has 7 rings (SSSR count). The van der Waals surface area contributed by atoms with E-state index in [1.165, 1.54) is 11.0 Å². The van der Waals surface area contributed by atoms with Crippen LogP contribution in [0.3, 0.4) is 0 Å². The van der Waals surface area contributed by atoms with Crippen LogP contribution >= 0.6 is 0 Å². The third-order valence-electron chi connectivity index (χ3n) is 9.83. The summed E-state index contributed by atoms with van der Waals surface area (Å²) in [6, 6.07) is 23.3. The lowest BCUT2D eigenvalue weighted by atomic mass is 9.51. The van der Waals surface area contributed by atoms with E-state index in [0.717, 1.165) is 11.1 Å². The Balaban J connectivity index is 1.33. The Hall–Kier alpha value is -4.76. The van der Waals surface area contributed by atoms with Crippen LogP contribution in [0.4, 0.5) is 5.69 Å². The predicted octanol–water partition coefficient (Wildman–Crippen LogP) is 4.59. The Bertz CT molecular complexity index is 1690. The lowest BCUT2D eigenvalue weighted by Gasteiger charge is -2.49. The highest BCUT2D eigenvalue weighted by Crippen LogP contribution is 2.64.